The smallest absolute Gasteiger partial charge is 0.756 e. The number of phosphoric ester groups is 1. The normalized spacial score (nSPS) is 12.4. The van der Waals surface area contributed by atoms with E-state index in [-0.39, 0.29) is 119 Å². The van der Waals surface area contributed by atoms with Gasteiger partial charge in [0.2, 0.25) is 5.91 Å². The molecule has 2 atom stereocenters. The van der Waals surface area contributed by atoms with Crippen LogP contribution in [0.25, 0.3) is 24.3 Å². The molecule has 3 rings (SSSR count). The number of carbonyl (C=O) groups excluding carboxylic acids is 4. The van der Waals surface area contributed by atoms with Crippen LogP contribution in [0.15, 0.2) is 66.7 Å². The van der Waals surface area contributed by atoms with E-state index in [1.54, 1.807) is 12.1 Å². The third-order valence-electron chi connectivity index (χ3n) is 16.3. The molecule has 0 aromatic heterocycles. The van der Waals surface area contributed by atoms with Crippen LogP contribution in [0.2, 0.25) is 0 Å². The first-order chi connectivity index (χ1) is 46.3. The average Bonchev–Trinajstić information content (AvgIpc) is 0.986. The predicted octanol–water partition coefficient (Wildman–Crippen LogP) is 14.4. The summed E-state index contributed by atoms with van der Waals surface area (Å²) in [5, 5.41) is 12.2. The number of hydrogen-bond acceptors (Lipinski definition) is 16. The van der Waals surface area contributed by atoms with Gasteiger partial charge in [0.1, 0.15) is 37.9 Å². The Morgan fingerprint density at radius 1 is 0.479 bits per heavy atom. The Morgan fingerprint density at radius 2 is 0.927 bits per heavy atom. The van der Waals surface area contributed by atoms with E-state index in [9.17, 15) is 33.7 Å². The topological polar surface area (TPSA) is 224 Å². The van der Waals surface area contributed by atoms with Gasteiger partial charge in [-0.1, -0.05) is 260 Å². The van der Waals surface area contributed by atoms with Gasteiger partial charge >= 0.3 is 41.5 Å². The molecule has 3 aromatic rings. The molecule has 0 spiro atoms. The van der Waals surface area contributed by atoms with E-state index in [0.29, 0.717) is 45.9 Å². The number of phosphoric acid groups is 1. The van der Waals surface area contributed by atoms with E-state index in [1.165, 1.54) is 141 Å². The fourth-order valence-corrected chi connectivity index (χ4v) is 11.4. The number of carbonyl (C=O) groups is 4. The number of phenols is 1. The zero-order valence-electron chi connectivity index (χ0n) is 59.5. The molecule has 3 aromatic carbocycles. The van der Waals surface area contributed by atoms with Crippen molar-refractivity contribution in [2.75, 3.05) is 85.8 Å². The molecule has 0 aliphatic rings. The third kappa shape index (κ3) is 51.0. The van der Waals surface area contributed by atoms with Crippen molar-refractivity contribution >= 4 is 55.8 Å². The molecule has 0 saturated heterocycles. The van der Waals surface area contributed by atoms with Crippen LogP contribution in [0.4, 0.5) is 0 Å². The molecule has 0 aliphatic carbocycles. The summed E-state index contributed by atoms with van der Waals surface area (Å²) >= 11 is 0. The summed E-state index contributed by atoms with van der Waals surface area (Å²) in [6.07, 6.45) is 43.8. The van der Waals surface area contributed by atoms with Crippen molar-refractivity contribution in [3.8, 4) is 11.5 Å². The Bertz CT molecular complexity index is 2530. The molecule has 96 heavy (non-hydrogen) atoms. The molecule has 1 amide bonds. The minimum absolute atomic E-state index is 0. The fraction of sp³-hybridized carbons (Fsp3) is 0.662. The average molecular weight is 1370 g/mol. The van der Waals surface area contributed by atoms with Crippen molar-refractivity contribution in [2.45, 2.75) is 245 Å². The Hall–Kier alpha value is -4.23. The molecular weight excluding hydrogens is 1250 g/mol. The van der Waals surface area contributed by atoms with Crippen LogP contribution in [-0.4, -0.2) is 121 Å². The number of aryl methyl sites for hydroxylation is 1. The Morgan fingerprint density at radius 3 is 1.47 bits per heavy atom. The molecule has 0 bridgehead atoms. The van der Waals surface area contributed by atoms with E-state index < -0.39 is 32.5 Å². The number of rotatable bonds is 64. The van der Waals surface area contributed by atoms with Gasteiger partial charge in [0.15, 0.2) is 11.9 Å². The second-order valence-electron chi connectivity index (χ2n) is 24.9. The van der Waals surface area contributed by atoms with Gasteiger partial charge in [-0.05, 0) is 78.3 Å². The Balaban J connectivity index is 0.0000314. The number of amides is 1. The number of Topliss-reactive ketones (excluding diaryl/α,β-unsaturated/α-hetero) is 1. The summed E-state index contributed by atoms with van der Waals surface area (Å²) in [6, 6.07) is 21.3. The second-order valence-corrected chi connectivity index (χ2v) is 26.3. The van der Waals surface area contributed by atoms with Crippen LogP contribution in [0, 0.1) is 6.92 Å². The Labute approximate surface area is 599 Å². The van der Waals surface area contributed by atoms with Crippen molar-refractivity contribution in [1.82, 2.24) is 5.32 Å². The van der Waals surface area contributed by atoms with Gasteiger partial charge in [-0.2, -0.15) is 0 Å². The maximum Gasteiger partial charge on any atom is 1.00 e. The number of aromatic hydroxyl groups is 1. The molecule has 0 heterocycles. The zero-order valence-corrected chi connectivity index (χ0v) is 62.4. The van der Waals surface area contributed by atoms with Crippen molar-refractivity contribution in [3.63, 3.8) is 0 Å². The zero-order chi connectivity index (χ0) is 68.3. The minimum atomic E-state index is -4.87. The molecule has 0 saturated carbocycles. The van der Waals surface area contributed by atoms with Crippen LogP contribution in [0.5, 0.6) is 11.5 Å². The number of phenolic OH excluding ortho intramolecular Hbond substituents is 1. The molecular formula is C77H121NNaO16P. The first kappa shape index (κ1) is 87.9. The van der Waals surface area contributed by atoms with E-state index in [0.717, 1.165) is 72.1 Å². The van der Waals surface area contributed by atoms with Crippen molar-refractivity contribution in [1.29, 1.82) is 0 Å². The van der Waals surface area contributed by atoms with Crippen LogP contribution in [0.3, 0.4) is 0 Å². The van der Waals surface area contributed by atoms with Crippen molar-refractivity contribution < 1.29 is 106 Å². The van der Waals surface area contributed by atoms with Crippen LogP contribution < -0.4 is 44.5 Å². The van der Waals surface area contributed by atoms with Crippen LogP contribution in [0.1, 0.15) is 260 Å². The van der Waals surface area contributed by atoms with Gasteiger partial charge in [-0.25, -0.2) is 0 Å². The standard InChI is InChI=1S/C77H122NO16P.Na/c1-4-6-8-10-12-14-16-18-20-22-24-26-28-30-32-36-76(82)91-63-74(94-77(83)37-33-31-29-27-25-23-21-19-17-15-13-11-9-7-5-2)64-93-95(84,85)92-53-34-35-72(80)62-88-57-58-89-65-75(81)78-52-54-86-55-56-87-59-60-90-73-50-44-68(45-51-73)40-46-70-47-41-69(61-66(70)3)39-38-67-42-48-71(79)49-43-67;/h38-51,61,74,79H,4-37,52-60,62-65H2,1-3H3,(H,78,81)(H,84,85);/q;+1/p-1/b39-38+,46-40+;. The second kappa shape index (κ2) is 60.7. The Kier molecular flexibility index (Phi) is 55.6. The van der Waals surface area contributed by atoms with Gasteiger partial charge in [0.05, 0.1) is 52.9 Å². The quantitative estimate of drug-likeness (QED) is 0.0176. The monoisotopic (exact) mass is 1370 g/mol. The van der Waals surface area contributed by atoms with Crippen LogP contribution >= 0.6 is 7.82 Å². The summed E-state index contributed by atoms with van der Waals surface area (Å²) < 4.78 is 61.6. The largest absolute Gasteiger partial charge is 1.00 e. The van der Waals surface area contributed by atoms with Crippen molar-refractivity contribution in [3.05, 3.63) is 94.5 Å². The van der Waals surface area contributed by atoms with Gasteiger partial charge in [0, 0.05) is 25.8 Å². The molecule has 0 radical (unpaired) electrons. The van der Waals surface area contributed by atoms with Gasteiger partial charge in [-0.3, -0.25) is 23.7 Å². The predicted molar refractivity (Wildman–Crippen MR) is 379 cm³/mol. The maximum absolute atomic E-state index is 12.9. The van der Waals surface area contributed by atoms with Gasteiger partial charge in [-0.15, -0.1) is 0 Å². The third-order valence-corrected chi connectivity index (χ3v) is 17.2. The molecule has 2 unspecified atom stereocenters. The SMILES string of the molecule is CCCCCCCCCCCCCCCCCC(=O)OCC(COP(=O)([O-])OCCCC(=O)COCCOCC(=O)NCCOCCOCCOc1ccc(/C=C/c2ccc(/C=C/c3ccc(O)cc3)cc2C)cc1)OC(=O)CCCCCCCCCCCCCCCCC.[Na+]. The summed E-state index contributed by atoms with van der Waals surface area (Å²) in [6.45, 7) is 7.13. The number of hydrogen-bond donors (Lipinski definition) is 2. The van der Waals surface area contributed by atoms with Gasteiger partial charge in [0.25, 0.3) is 7.82 Å². The minimum Gasteiger partial charge on any atom is -0.756 e. The molecule has 0 fully saturated rings. The summed E-state index contributed by atoms with van der Waals surface area (Å²) in [7, 11) is -4.87. The first-order valence-electron chi connectivity index (χ1n) is 36.4. The summed E-state index contributed by atoms with van der Waals surface area (Å²) in [5.41, 5.74) is 5.46. The van der Waals surface area contributed by atoms with Crippen molar-refractivity contribution in [2.24, 2.45) is 0 Å². The van der Waals surface area contributed by atoms with E-state index in [4.69, 9.17) is 42.2 Å². The number of benzene rings is 3. The maximum atomic E-state index is 12.9. The summed E-state index contributed by atoms with van der Waals surface area (Å²) in [5.74, 6) is -0.574. The van der Waals surface area contributed by atoms with E-state index in [1.807, 2.05) is 42.5 Å². The number of nitrogens with one attached hydrogen (secondary N) is 1. The number of ether oxygens (including phenoxy) is 7. The fourth-order valence-electron chi connectivity index (χ4n) is 10.6. The number of ketones is 1. The molecule has 2 N–H and O–H groups in total. The number of esters is 2. The summed E-state index contributed by atoms with van der Waals surface area (Å²) in [4.78, 5) is 63.0. The molecule has 19 heteroatoms. The molecule has 536 valence electrons. The first-order valence-corrected chi connectivity index (χ1v) is 37.8. The van der Waals surface area contributed by atoms with E-state index in [2.05, 4.69) is 62.5 Å². The molecule has 0 aliphatic heterocycles. The number of unbranched alkanes of at least 4 members (excludes halogenated alkanes) is 28. The van der Waals surface area contributed by atoms with Crippen LogP contribution in [-0.2, 0) is 61.2 Å². The molecule has 17 nitrogen and oxygen atoms in total. The van der Waals surface area contributed by atoms with E-state index >= 15 is 0 Å². The van der Waals surface area contributed by atoms with Gasteiger partial charge < -0.3 is 57.5 Å².